The first-order valence-electron chi connectivity index (χ1n) is 19.4. The van der Waals surface area contributed by atoms with Crippen LogP contribution >= 0.6 is 0 Å². The van der Waals surface area contributed by atoms with E-state index in [2.05, 4.69) is 26.1 Å². The average molecular weight is 781 g/mol. The van der Waals surface area contributed by atoms with Crippen LogP contribution < -0.4 is 15.7 Å². The third kappa shape index (κ3) is 16.1. The molecule has 3 aromatic rings. The Kier molecular flexibility index (Phi) is 19.3. The van der Waals surface area contributed by atoms with Crippen LogP contribution in [0.25, 0.3) is 0 Å². The van der Waals surface area contributed by atoms with E-state index in [-0.39, 0.29) is 30.0 Å². The number of carboxylic acids is 1. The highest BCUT2D eigenvalue weighted by atomic mass is 28.3. The van der Waals surface area contributed by atoms with Crippen molar-refractivity contribution < 1.29 is 47.5 Å². The highest BCUT2D eigenvalue weighted by Crippen LogP contribution is 2.35. The molecular formula is C42H60N2O10Si. The third-order valence-corrected chi connectivity index (χ3v) is 11.7. The molecule has 1 heterocycles. The van der Waals surface area contributed by atoms with E-state index in [4.69, 9.17) is 37.8 Å². The van der Waals surface area contributed by atoms with Crippen molar-refractivity contribution in [2.24, 2.45) is 5.41 Å². The van der Waals surface area contributed by atoms with Crippen LogP contribution in [0.3, 0.4) is 0 Å². The smallest absolute Gasteiger partial charge is 0.409 e. The number of pyridine rings is 1. The molecule has 4 rings (SSSR count). The van der Waals surface area contributed by atoms with Crippen molar-refractivity contribution in [3.8, 4) is 0 Å². The maximum absolute atomic E-state index is 13.3. The van der Waals surface area contributed by atoms with Crippen molar-refractivity contribution in [1.82, 2.24) is 10.3 Å². The van der Waals surface area contributed by atoms with Gasteiger partial charge in [-0.1, -0.05) is 87.9 Å². The Hall–Kier alpha value is -3.69. The second-order valence-electron chi connectivity index (χ2n) is 14.7. The topological polar surface area (TPSA) is 144 Å². The molecule has 302 valence electrons. The number of nitrogens with one attached hydrogen (secondary N) is 1. The van der Waals surface area contributed by atoms with Crippen molar-refractivity contribution >= 4 is 31.5 Å². The summed E-state index contributed by atoms with van der Waals surface area (Å²) in [7, 11) is -2.36. The fourth-order valence-corrected chi connectivity index (χ4v) is 8.52. The fraction of sp³-hybridized carbons (Fsp3) is 0.548. The maximum Gasteiger partial charge on any atom is 0.409 e. The molecule has 2 atom stereocenters. The molecule has 1 aliphatic rings. The zero-order valence-corrected chi connectivity index (χ0v) is 34.1. The Balaban J connectivity index is 1.24. The Labute approximate surface area is 327 Å². The zero-order chi connectivity index (χ0) is 39.3. The predicted molar refractivity (Wildman–Crippen MR) is 213 cm³/mol. The summed E-state index contributed by atoms with van der Waals surface area (Å²) < 4.78 is 41.0. The van der Waals surface area contributed by atoms with E-state index in [9.17, 15) is 14.7 Å². The minimum atomic E-state index is -2.36. The zero-order valence-electron chi connectivity index (χ0n) is 33.0. The van der Waals surface area contributed by atoms with Crippen molar-refractivity contribution in [3.63, 3.8) is 0 Å². The van der Waals surface area contributed by atoms with Crippen molar-refractivity contribution in [2.45, 2.75) is 72.0 Å². The van der Waals surface area contributed by atoms with Gasteiger partial charge in [0.15, 0.2) is 0 Å². The Morgan fingerprint density at radius 1 is 0.800 bits per heavy atom. The molecule has 55 heavy (non-hydrogen) atoms. The number of aromatic nitrogens is 1. The van der Waals surface area contributed by atoms with Gasteiger partial charge in [0.05, 0.1) is 82.3 Å². The number of benzene rings is 2. The lowest BCUT2D eigenvalue weighted by Gasteiger charge is -2.31. The summed E-state index contributed by atoms with van der Waals surface area (Å²) in [6, 6.07) is 21.7. The lowest BCUT2D eigenvalue weighted by atomic mass is 9.93. The molecule has 0 fully saturated rings. The van der Waals surface area contributed by atoms with Gasteiger partial charge in [-0.25, -0.2) is 9.59 Å². The van der Waals surface area contributed by atoms with E-state index in [1.165, 1.54) is 0 Å². The van der Waals surface area contributed by atoms with E-state index in [0.29, 0.717) is 71.4 Å². The molecular weight excluding hydrogens is 721 g/mol. The van der Waals surface area contributed by atoms with E-state index < -0.39 is 27.4 Å². The number of nitrogens with zero attached hydrogens (tertiary/aromatic N) is 1. The SMILES string of the molecule is Cc1nc2c(cc1C(=O)O)CCCCC2C(OC(=O)NCCOCCOCCOCCOCCOCCC(C)(C)C)O[SiH](c1ccccc1)c1ccccc1. The average Bonchev–Trinajstić information content (AvgIpc) is 3.37. The first kappa shape index (κ1) is 44.0. The van der Waals surface area contributed by atoms with Gasteiger partial charge in [0.2, 0.25) is 15.3 Å². The molecule has 1 aromatic heterocycles. The molecule has 0 saturated heterocycles. The third-order valence-electron chi connectivity index (χ3n) is 9.15. The van der Waals surface area contributed by atoms with E-state index in [1.54, 1.807) is 13.0 Å². The fourth-order valence-electron chi connectivity index (χ4n) is 6.16. The number of amides is 1. The largest absolute Gasteiger partial charge is 0.478 e. The summed E-state index contributed by atoms with van der Waals surface area (Å²) in [5, 5.41) is 14.7. The lowest BCUT2D eigenvalue weighted by molar-refractivity contribution is -0.0536. The summed E-state index contributed by atoms with van der Waals surface area (Å²) in [4.78, 5) is 30.1. The van der Waals surface area contributed by atoms with E-state index in [0.717, 1.165) is 47.5 Å². The summed E-state index contributed by atoms with van der Waals surface area (Å²) in [6.07, 6.45) is 2.50. The Morgan fingerprint density at radius 2 is 1.33 bits per heavy atom. The van der Waals surface area contributed by atoms with Gasteiger partial charge in [0, 0.05) is 13.2 Å². The van der Waals surface area contributed by atoms with Crippen LogP contribution in [0.15, 0.2) is 66.7 Å². The van der Waals surface area contributed by atoms with Crippen LogP contribution in [0.5, 0.6) is 0 Å². The molecule has 2 aromatic carbocycles. The van der Waals surface area contributed by atoms with Crippen LogP contribution in [0.1, 0.15) is 79.7 Å². The molecule has 13 heteroatoms. The second-order valence-corrected chi connectivity index (χ2v) is 17.1. The Morgan fingerprint density at radius 3 is 1.85 bits per heavy atom. The lowest BCUT2D eigenvalue weighted by Crippen LogP contribution is -2.50. The minimum Gasteiger partial charge on any atom is -0.478 e. The summed E-state index contributed by atoms with van der Waals surface area (Å²) >= 11 is 0. The number of aromatic carboxylic acids is 1. The second kappa shape index (κ2) is 24.1. The minimum absolute atomic E-state index is 0.181. The molecule has 2 N–H and O–H groups in total. The quantitative estimate of drug-likeness (QED) is 0.0548. The number of fused-ring (bicyclic) bond motifs is 1. The van der Waals surface area contributed by atoms with Crippen molar-refractivity contribution in [3.05, 3.63) is 89.2 Å². The number of rotatable bonds is 24. The number of aryl methyl sites for hydroxylation is 2. The molecule has 1 amide bonds. The molecule has 1 aliphatic carbocycles. The number of carbonyl (C=O) groups excluding carboxylic acids is 1. The number of alkyl carbamates (subject to hydrolysis) is 1. The summed E-state index contributed by atoms with van der Waals surface area (Å²) in [5.74, 6) is -1.40. The van der Waals surface area contributed by atoms with Crippen LogP contribution in [-0.2, 0) is 39.3 Å². The van der Waals surface area contributed by atoms with Gasteiger partial charge in [-0.15, -0.1) is 0 Å². The van der Waals surface area contributed by atoms with Crippen molar-refractivity contribution in [1.29, 1.82) is 0 Å². The summed E-state index contributed by atoms with van der Waals surface area (Å²) in [5.41, 5.74) is 2.45. The molecule has 0 bridgehead atoms. The monoisotopic (exact) mass is 780 g/mol. The van der Waals surface area contributed by atoms with Gasteiger partial charge < -0.3 is 43.3 Å². The van der Waals surface area contributed by atoms with E-state index >= 15 is 0 Å². The van der Waals surface area contributed by atoms with Crippen LogP contribution in [0, 0.1) is 12.3 Å². The van der Waals surface area contributed by atoms with Gasteiger partial charge in [0.25, 0.3) is 0 Å². The van der Waals surface area contributed by atoms with E-state index in [1.807, 2.05) is 60.7 Å². The van der Waals surface area contributed by atoms with Gasteiger partial charge in [0.1, 0.15) is 0 Å². The van der Waals surface area contributed by atoms with Gasteiger partial charge in [-0.05, 0) is 60.0 Å². The molecule has 0 saturated carbocycles. The van der Waals surface area contributed by atoms with Crippen molar-refractivity contribution in [2.75, 3.05) is 72.6 Å². The normalized spacial score (nSPS) is 15.0. The highest BCUT2D eigenvalue weighted by Gasteiger charge is 2.36. The number of carbonyl (C=O) groups is 2. The first-order chi connectivity index (χ1) is 26.6. The number of carboxylic acid groups (broad SMARTS) is 1. The van der Waals surface area contributed by atoms with Gasteiger partial charge in [-0.2, -0.15) is 0 Å². The Bertz CT molecular complexity index is 1520. The number of hydrogen-bond donors (Lipinski definition) is 2. The molecule has 12 nitrogen and oxygen atoms in total. The van der Waals surface area contributed by atoms with Gasteiger partial charge >= 0.3 is 12.1 Å². The predicted octanol–water partition coefficient (Wildman–Crippen LogP) is 5.02. The van der Waals surface area contributed by atoms with Crippen LogP contribution in [0.2, 0.25) is 0 Å². The number of ether oxygens (including phenoxy) is 6. The standard InChI is InChI=1S/C42H60N2O10Si/c1-32-37(39(45)46)31-33-13-11-12-18-36(38(33)44-32)40(54-55(34-14-7-5-8-15-34)35-16-9-6-10-17-35)53-41(47)43-20-22-49-24-26-51-28-30-52-29-27-50-25-23-48-21-19-42(2,3)4/h5-10,14-17,31,36,40,55H,11-13,18-30H2,1-4H3,(H,43,47)(H,45,46). The highest BCUT2D eigenvalue weighted by molar-refractivity contribution is 6.80. The molecule has 2 unspecified atom stereocenters. The molecule has 0 radical (unpaired) electrons. The van der Waals surface area contributed by atoms with Crippen LogP contribution in [-0.4, -0.2) is 110 Å². The molecule has 0 spiro atoms. The maximum atomic E-state index is 13.3. The summed E-state index contributed by atoms with van der Waals surface area (Å²) in [6.45, 7) is 13.3. The first-order valence-corrected chi connectivity index (χ1v) is 21.1. The molecule has 0 aliphatic heterocycles. The van der Waals surface area contributed by atoms with Crippen LogP contribution in [0.4, 0.5) is 4.79 Å². The van der Waals surface area contributed by atoms with Gasteiger partial charge in [-0.3, -0.25) is 4.98 Å². The number of hydrogen-bond acceptors (Lipinski definition) is 10.